The van der Waals surface area contributed by atoms with E-state index in [1.807, 2.05) is 18.2 Å². The van der Waals surface area contributed by atoms with Crippen LogP contribution < -0.4 is 0 Å². The van der Waals surface area contributed by atoms with E-state index < -0.39 is 0 Å². The molecule has 58 valence electrons. The molecule has 1 rings (SSSR count). The molecule has 0 saturated heterocycles. The van der Waals surface area contributed by atoms with E-state index in [2.05, 4.69) is 37.0 Å². The van der Waals surface area contributed by atoms with Crippen LogP contribution in [0.2, 0.25) is 0 Å². The Hall–Kier alpha value is -0.630. The summed E-state index contributed by atoms with van der Waals surface area (Å²) in [6.07, 6.45) is 0. The Kier molecular flexibility index (Phi) is 7.05. The first-order valence-electron chi connectivity index (χ1n) is 3.03. The number of hydrogen-bond acceptors (Lipinski definition) is 3. The molecule has 0 heterocycles. The van der Waals surface area contributed by atoms with E-state index in [1.165, 1.54) is 5.56 Å². The summed E-state index contributed by atoms with van der Waals surface area (Å²) < 4.78 is 0. The zero-order valence-corrected chi connectivity index (χ0v) is 7.66. The van der Waals surface area contributed by atoms with Crippen LogP contribution in [-0.2, 0) is 5.75 Å². The third kappa shape index (κ3) is 5.80. The van der Waals surface area contributed by atoms with Gasteiger partial charge in [0.05, 0.1) is 5.16 Å². The van der Waals surface area contributed by atoms with Crippen molar-refractivity contribution < 1.29 is 0 Å². The monoisotopic (exact) mass is 183 g/mol. The largest absolute Gasteiger partial charge is 0.248 e. The van der Waals surface area contributed by atoms with Gasteiger partial charge >= 0.3 is 0 Å². The van der Waals surface area contributed by atoms with Crippen LogP contribution in [-0.4, -0.2) is 5.16 Å². The van der Waals surface area contributed by atoms with Gasteiger partial charge in [-0.1, -0.05) is 30.3 Å². The third-order valence-corrected chi connectivity index (χ3v) is 1.39. The van der Waals surface area contributed by atoms with Crippen molar-refractivity contribution in [3.8, 4) is 0 Å². The summed E-state index contributed by atoms with van der Waals surface area (Å²) in [5.41, 5.74) is 1.27. The van der Waals surface area contributed by atoms with Crippen LogP contribution in [0.3, 0.4) is 0 Å². The van der Waals surface area contributed by atoms with Gasteiger partial charge < -0.3 is 0 Å². The van der Waals surface area contributed by atoms with Crippen LogP contribution in [0.15, 0.2) is 30.3 Å². The number of isothiocyanates is 1. The SMILES string of the molecule is N=C=S.SCc1ccccc1. The summed E-state index contributed by atoms with van der Waals surface area (Å²) in [5.74, 6) is 0.834. The predicted molar refractivity (Wildman–Crippen MR) is 54.4 cm³/mol. The summed E-state index contributed by atoms with van der Waals surface area (Å²) in [4.78, 5) is 0. The molecule has 0 saturated carbocycles. The molecule has 0 aliphatic carbocycles. The molecule has 1 aromatic carbocycles. The maximum Gasteiger partial charge on any atom is 0.0554 e. The second kappa shape index (κ2) is 7.48. The molecule has 3 heteroatoms. The van der Waals surface area contributed by atoms with Crippen LogP contribution in [0.5, 0.6) is 0 Å². The molecule has 0 aliphatic rings. The zero-order chi connectivity index (χ0) is 8.53. The normalized spacial score (nSPS) is 7.36. The van der Waals surface area contributed by atoms with Crippen LogP contribution in [0, 0.1) is 5.41 Å². The number of rotatable bonds is 1. The molecule has 0 amide bonds. The van der Waals surface area contributed by atoms with E-state index >= 15 is 0 Å². The minimum absolute atomic E-state index is 0.834. The van der Waals surface area contributed by atoms with E-state index in [0.29, 0.717) is 0 Å². The molecule has 1 aromatic rings. The van der Waals surface area contributed by atoms with Gasteiger partial charge in [-0.25, -0.2) is 5.41 Å². The fourth-order valence-corrected chi connectivity index (χ4v) is 0.794. The molecule has 0 radical (unpaired) electrons. The summed E-state index contributed by atoms with van der Waals surface area (Å²) in [6, 6.07) is 10.2. The average Bonchev–Trinajstić information content (AvgIpc) is 2.08. The Bertz CT molecular complexity index is 215. The second-order valence-corrected chi connectivity index (χ2v) is 2.27. The van der Waals surface area contributed by atoms with Crippen molar-refractivity contribution >= 4 is 30.0 Å². The lowest BCUT2D eigenvalue weighted by atomic mass is 10.2. The maximum atomic E-state index is 5.77. The van der Waals surface area contributed by atoms with Crippen LogP contribution in [0.1, 0.15) is 5.56 Å². The smallest absolute Gasteiger partial charge is 0.0554 e. The lowest BCUT2D eigenvalue weighted by molar-refractivity contribution is 1.43. The highest BCUT2D eigenvalue weighted by Crippen LogP contribution is 2.00. The number of thiol groups is 1. The number of thiocarbonyl (C=S) groups is 1. The van der Waals surface area contributed by atoms with E-state index in [1.54, 1.807) is 5.16 Å². The van der Waals surface area contributed by atoms with Gasteiger partial charge in [0.2, 0.25) is 0 Å². The van der Waals surface area contributed by atoms with Gasteiger partial charge in [-0.2, -0.15) is 12.6 Å². The summed E-state index contributed by atoms with van der Waals surface area (Å²) in [5, 5.41) is 7.36. The van der Waals surface area contributed by atoms with Crippen molar-refractivity contribution in [2.24, 2.45) is 0 Å². The lowest BCUT2D eigenvalue weighted by Crippen LogP contribution is -1.71. The van der Waals surface area contributed by atoms with E-state index in [0.717, 1.165) is 5.75 Å². The lowest BCUT2D eigenvalue weighted by Gasteiger charge is -1.89. The third-order valence-electron chi connectivity index (χ3n) is 1.03. The Morgan fingerprint density at radius 3 is 2.09 bits per heavy atom. The van der Waals surface area contributed by atoms with Gasteiger partial charge in [0.15, 0.2) is 0 Å². The first-order valence-corrected chi connectivity index (χ1v) is 4.08. The standard InChI is InChI=1S/C7H8S.CHNS/c8-6-7-4-2-1-3-5-7;2-1-3/h1-5,8H,6H2;2H. The molecule has 0 aliphatic heterocycles. The summed E-state index contributed by atoms with van der Waals surface area (Å²) >= 11 is 7.92. The second-order valence-electron chi connectivity index (χ2n) is 1.75. The van der Waals surface area contributed by atoms with Crippen molar-refractivity contribution in [1.29, 1.82) is 5.41 Å². The molecule has 0 fully saturated rings. The Morgan fingerprint density at radius 2 is 1.82 bits per heavy atom. The highest BCUT2D eigenvalue weighted by Gasteiger charge is 1.80. The van der Waals surface area contributed by atoms with Gasteiger partial charge in [0.25, 0.3) is 0 Å². The molecule has 0 aromatic heterocycles. The molecule has 0 spiro atoms. The Balaban J connectivity index is 0.000000292. The van der Waals surface area contributed by atoms with Gasteiger partial charge in [-0.15, -0.1) is 0 Å². The van der Waals surface area contributed by atoms with Crippen molar-refractivity contribution in [1.82, 2.24) is 0 Å². The van der Waals surface area contributed by atoms with Crippen molar-refractivity contribution in [3.63, 3.8) is 0 Å². The highest BCUT2D eigenvalue weighted by molar-refractivity contribution is 7.79. The maximum absolute atomic E-state index is 5.77. The van der Waals surface area contributed by atoms with Crippen molar-refractivity contribution in [2.45, 2.75) is 5.75 Å². The minimum Gasteiger partial charge on any atom is -0.248 e. The highest BCUT2D eigenvalue weighted by atomic mass is 32.1. The Labute approximate surface area is 77.4 Å². The molecule has 1 N–H and O–H groups in total. The van der Waals surface area contributed by atoms with E-state index in [-0.39, 0.29) is 0 Å². The number of benzene rings is 1. The van der Waals surface area contributed by atoms with Gasteiger partial charge in [0.1, 0.15) is 0 Å². The van der Waals surface area contributed by atoms with Crippen LogP contribution >= 0.6 is 24.8 Å². The molecule has 11 heavy (non-hydrogen) atoms. The summed E-state index contributed by atoms with van der Waals surface area (Å²) in [7, 11) is 0. The fourth-order valence-electron chi connectivity index (χ4n) is 0.583. The van der Waals surface area contributed by atoms with Crippen LogP contribution in [0.4, 0.5) is 0 Å². The van der Waals surface area contributed by atoms with E-state index in [9.17, 15) is 0 Å². The molecular weight excluding hydrogens is 174 g/mol. The number of hydrogen-bond donors (Lipinski definition) is 2. The molecule has 0 unspecified atom stereocenters. The molecule has 1 nitrogen and oxygen atoms in total. The molecule has 0 atom stereocenters. The zero-order valence-electron chi connectivity index (χ0n) is 5.95. The number of nitrogens with one attached hydrogen (secondary N) is 1. The summed E-state index contributed by atoms with van der Waals surface area (Å²) in [6.45, 7) is 0. The first kappa shape index (κ1) is 10.4. The molecular formula is C8H9NS2. The first-order chi connectivity index (χ1) is 5.35. The minimum atomic E-state index is 0.834. The van der Waals surface area contributed by atoms with Crippen molar-refractivity contribution in [3.05, 3.63) is 35.9 Å². The van der Waals surface area contributed by atoms with E-state index in [4.69, 9.17) is 5.41 Å². The van der Waals surface area contributed by atoms with Gasteiger partial charge in [-0.05, 0) is 17.8 Å². The van der Waals surface area contributed by atoms with Crippen LogP contribution in [0.25, 0.3) is 0 Å². The van der Waals surface area contributed by atoms with Crippen molar-refractivity contribution in [2.75, 3.05) is 0 Å². The molecule has 0 bridgehead atoms. The Morgan fingerprint density at radius 1 is 1.36 bits per heavy atom. The van der Waals surface area contributed by atoms with Gasteiger partial charge in [0, 0.05) is 5.75 Å². The van der Waals surface area contributed by atoms with Gasteiger partial charge in [-0.3, -0.25) is 0 Å². The predicted octanol–water partition coefficient (Wildman–Crippen LogP) is 2.78. The fraction of sp³-hybridized carbons (Fsp3) is 0.125. The topological polar surface area (TPSA) is 23.9 Å². The quantitative estimate of drug-likeness (QED) is 0.390. The average molecular weight is 183 g/mol.